The van der Waals surface area contributed by atoms with E-state index in [-0.39, 0.29) is 5.91 Å². The maximum atomic E-state index is 12.0. The summed E-state index contributed by atoms with van der Waals surface area (Å²) in [5, 5.41) is 8.96. The largest absolute Gasteiger partial charge is 0.481 e. The first-order chi connectivity index (χ1) is 9.47. The first-order valence-electron chi connectivity index (χ1n) is 6.78. The molecular weight excluding hydrogens is 256 g/mol. The molecule has 1 unspecified atom stereocenters. The van der Waals surface area contributed by atoms with Crippen molar-refractivity contribution in [3.63, 3.8) is 0 Å². The molecule has 0 radical (unpaired) electrons. The van der Waals surface area contributed by atoms with Crippen molar-refractivity contribution < 1.29 is 14.7 Å². The van der Waals surface area contributed by atoms with Gasteiger partial charge in [-0.25, -0.2) is 0 Å². The van der Waals surface area contributed by atoms with Gasteiger partial charge < -0.3 is 10.0 Å². The number of anilines is 1. The number of benzene rings is 1. The van der Waals surface area contributed by atoms with Crippen molar-refractivity contribution in [2.45, 2.75) is 13.3 Å². The van der Waals surface area contributed by atoms with E-state index in [4.69, 9.17) is 5.11 Å². The summed E-state index contributed by atoms with van der Waals surface area (Å²) in [6.07, 6.45) is 0.477. The van der Waals surface area contributed by atoms with Gasteiger partial charge in [0.1, 0.15) is 0 Å². The summed E-state index contributed by atoms with van der Waals surface area (Å²) in [4.78, 5) is 26.7. The summed E-state index contributed by atoms with van der Waals surface area (Å²) in [5.74, 6) is -1.14. The van der Waals surface area contributed by atoms with E-state index in [0.717, 1.165) is 17.8 Å². The van der Waals surface area contributed by atoms with Gasteiger partial charge in [-0.05, 0) is 31.2 Å². The van der Waals surface area contributed by atoms with E-state index in [1.807, 2.05) is 36.2 Å². The Morgan fingerprint density at radius 3 is 2.80 bits per heavy atom. The molecule has 5 nitrogen and oxygen atoms in total. The molecule has 1 amide bonds. The Kier molecular flexibility index (Phi) is 4.39. The lowest BCUT2D eigenvalue weighted by molar-refractivity contribution is -0.141. The van der Waals surface area contributed by atoms with E-state index in [2.05, 4.69) is 0 Å². The van der Waals surface area contributed by atoms with E-state index in [1.54, 1.807) is 11.8 Å². The Morgan fingerprint density at radius 2 is 2.15 bits per heavy atom. The summed E-state index contributed by atoms with van der Waals surface area (Å²) in [5.41, 5.74) is 1.81. The highest BCUT2D eigenvalue weighted by molar-refractivity contribution is 5.95. The number of carboxylic acids is 1. The van der Waals surface area contributed by atoms with Crippen LogP contribution in [0.4, 0.5) is 5.69 Å². The van der Waals surface area contributed by atoms with Crippen molar-refractivity contribution in [3.8, 4) is 0 Å². The fourth-order valence-corrected chi connectivity index (χ4v) is 2.36. The Hall–Kier alpha value is -1.88. The van der Waals surface area contributed by atoms with Crippen molar-refractivity contribution in [2.24, 2.45) is 5.92 Å². The van der Waals surface area contributed by atoms with Gasteiger partial charge in [0, 0.05) is 18.8 Å². The highest BCUT2D eigenvalue weighted by atomic mass is 16.4. The molecular formula is C15H20N2O3. The monoisotopic (exact) mass is 276 g/mol. The predicted octanol–water partition coefficient (Wildman–Crippen LogP) is 1.23. The number of nitrogens with zero attached hydrogens (tertiary/aromatic N) is 2. The lowest BCUT2D eigenvalue weighted by Crippen LogP contribution is -2.48. The summed E-state index contributed by atoms with van der Waals surface area (Å²) in [6.45, 7) is 3.64. The molecule has 5 heteroatoms. The molecule has 0 spiro atoms. The molecule has 0 bridgehead atoms. The van der Waals surface area contributed by atoms with Gasteiger partial charge in [-0.15, -0.1) is 0 Å². The van der Waals surface area contributed by atoms with Crippen molar-refractivity contribution in [1.29, 1.82) is 0 Å². The number of hydrogen-bond donors (Lipinski definition) is 1. The fraction of sp³-hybridized carbons (Fsp3) is 0.467. The van der Waals surface area contributed by atoms with E-state index >= 15 is 0 Å². The molecule has 0 saturated carbocycles. The van der Waals surface area contributed by atoms with Crippen LogP contribution < -0.4 is 4.90 Å². The van der Waals surface area contributed by atoms with E-state index in [9.17, 15) is 9.59 Å². The van der Waals surface area contributed by atoms with Gasteiger partial charge in [-0.3, -0.25) is 14.5 Å². The third kappa shape index (κ3) is 3.36. The number of carbonyl (C=O) groups excluding carboxylic acids is 1. The maximum absolute atomic E-state index is 12.0. The van der Waals surface area contributed by atoms with Crippen molar-refractivity contribution in [2.75, 3.05) is 31.6 Å². The molecule has 1 aromatic carbocycles. The third-order valence-corrected chi connectivity index (χ3v) is 3.60. The van der Waals surface area contributed by atoms with Gasteiger partial charge in [-0.1, -0.05) is 19.1 Å². The second-order valence-corrected chi connectivity index (χ2v) is 5.40. The third-order valence-electron chi connectivity index (χ3n) is 3.60. The Morgan fingerprint density at radius 1 is 1.40 bits per heavy atom. The minimum absolute atomic E-state index is 0.0854. The van der Waals surface area contributed by atoms with Crippen molar-refractivity contribution in [1.82, 2.24) is 4.90 Å². The number of rotatable bonds is 4. The minimum Gasteiger partial charge on any atom is -0.481 e. The van der Waals surface area contributed by atoms with Crippen LogP contribution in [0, 0.1) is 5.92 Å². The Bertz CT molecular complexity index is 516. The summed E-state index contributed by atoms with van der Waals surface area (Å²) >= 11 is 0. The van der Waals surface area contributed by atoms with Crippen LogP contribution in [0.1, 0.15) is 12.5 Å². The molecule has 1 N–H and O–H groups in total. The minimum atomic E-state index is -0.800. The average molecular weight is 276 g/mol. The quantitative estimate of drug-likeness (QED) is 0.898. The topological polar surface area (TPSA) is 60.9 Å². The molecule has 0 aliphatic carbocycles. The van der Waals surface area contributed by atoms with Crippen LogP contribution in [0.5, 0.6) is 0 Å². The number of carbonyl (C=O) groups is 2. The molecule has 0 aromatic heterocycles. The Balaban J connectivity index is 2.13. The van der Waals surface area contributed by atoms with Crippen LogP contribution in [0.25, 0.3) is 0 Å². The molecule has 1 heterocycles. The number of carboxylic acid groups (broad SMARTS) is 1. The average Bonchev–Trinajstić information content (AvgIpc) is 2.38. The normalized spacial score (nSPS) is 18.1. The molecule has 108 valence electrons. The van der Waals surface area contributed by atoms with Gasteiger partial charge in [0.25, 0.3) is 0 Å². The molecule has 2 rings (SSSR count). The molecule has 20 heavy (non-hydrogen) atoms. The van der Waals surface area contributed by atoms with Gasteiger partial charge in [0.05, 0.1) is 12.5 Å². The van der Waals surface area contributed by atoms with Gasteiger partial charge >= 0.3 is 5.97 Å². The van der Waals surface area contributed by atoms with Gasteiger partial charge in [0.15, 0.2) is 0 Å². The maximum Gasteiger partial charge on any atom is 0.306 e. The van der Waals surface area contributed by atoms with Crippen LogP contribution in [0.15, 0.2) is 24.3 Å². The zero-order valence-electron chi connectivity index (χ0n) is 11.9. The fourth-order valence-electron chi connectivity index (χ4n) is 2.36. The Labute approximate surface area is 118 Å². The summed E-state index contributed by atoms with van der Waals surface area (Å²) in [7, 11) is 1.93. The van der Waals surface area contributed by atoms with Crippen LogP contribution >= 0.6 is 0 Å². The number of amides is 1. The second-order valence-electron chi connectivity index (χ2n) is 5.40. The summed E-state index contributed by atoms with van der Waals surface area (Å²) < 4.78 is 0. The van der Waals surface area contributed by atoms with Crippen LogP contribution in [0.2, 0.25) is 0 Å². The zero-order valence-corrected chi connectivity index (χ0v) is 11.9. The van der Waals surface area contributed by atoms with Crippen LogP contribution in [-0.4, -0.2) is 48.6 Å². The molecule has 1 aromatic rings. The highest BCUT2D eigenvalue weighted by Gasteiger charge is 2.23. The highest BCUT2D eigenvalue weighted by Crippen LogP contribution is 2.20. The predicted molar refractivity (Wildman–Crippen MR) is 76.8 cm³/mol. The molecule has 1 atom stereocenters. The molecule has 1 aliphatic heterocycles. The molecule has 1 saturated heterocycles. The number of piperazine rings is 1. The van der Waals surface area contributed by atoms with Crippen molar-refractivity contribution in [3.05, 3.63) is 29.8 Å². The first kappa shape index (κ1) is 14.5. The number of likely N-dealkylation sites (N-methyl/N-ethyl adjacent to an activating group) is 1. The lowest BCUT2D eigenvalue weighted by atomic mass is 10.0. The van der Waals surface area contributed by atoms with Crippen LogP contribution in [-0.2, 0) is 16.0 Å². The van der Waals surface area contributed by atoms with Gasteiger partial charge in [0.2, 0.25) is 5.91 Å². The standard InChI is InChI=1S/C15H20N2O3/c1-11(15(19)20)8-12-4-3-5-13(9-12)17-7-6-16(2)10-14(17)18/h3-5,9,11H,6-8,10H2,1-2H3,(H,19,20). The second kappa shape index (κ2) is 6.05. The number of aliphatic carboxylic acids is 1. The van der Waals surface area contributed by atoms with Crippen LogP contribution in [0.3, 0.4) is 0 Å². The van der Waals surface area contributed by atoms with E-state index in [0.29, 0.717) is 19.5 Å². The molecule has 1 fully saturated rings. The lowest BCUT2D eigenvalue weighted by Gasteiger charge is -2.32. The zero-order chi connectivity index (χ0) is 14.7. The first-order valence-corrected chi connectivity index (χ1v) is 6.78. The van der Waals surface area contributed by atoms with E-state index < -0.39 is 11.9 Å². The van der Waals surface area contributed by atoms with Crippen molar-refractivity contribution >= 4 is 17.6 Å². The van der Waals surface area contributed by atoms with Gasteiger partial charge in [-0.2, -0.15) is 0 Å². The SMILES string of the molecule is CC(Cc1cccc(N2CCN(C)CC2=O)c1)C(=O)O. The molecule has 1 aliphatic rings. The smallest absolute Gasteiger partial charge is 0.306 e. The van der Waals surface area contributed by atoms with E-state index in [1.165, 1.54) is 0 Å². The number of hydrogen-bond acceptors (Lipinski definition) is 3. The summed E-state index contributed by atoms with van der Waals surface area (Å²) in [6, 6.07) is 7.61.